The zero-order valence-corrected chi connectivity index (χ0v) is 8.38. The first kappa shape index (κ1) is 8.81. The van der Waals surface area contributed by atoms with Gasteiger partial charge in [0.05, 0.1) is 11.3 Å². The average molecular weight is 205 g/mol. The van der Waals surface area contributed by atoms with Crippen molar-refractivity contribution >= 4 is 0 Å². The lowest BCUT2D eigenvalue weighted by atomic mass is 10.0. The van der Waals surface area contributed by atoms with Gasteiger partial charge in [-0.05, 0) is 12.1 Å². The number of nitrogens with zero attached hydrogens (tertiary/aromatic N) is 3. The third-order valence-corrected chi connectivity index (χ3v) is 2.63. The minimum absolute atomic E-state index is 0.586. The second-order valence-electron chi connectivity index (χ2n) is 3.53. The van der Waals surface area contributed by atoms with E-state index in [0.717, 1.165) is 22.4 Å². The van der Waals surface area contributed by atoms with Crippen LogP contribution in [-0.2, 0) is 0 Å². The molecule has 2 aliphatic heterocycles. The largest absolute Gasteiger partial charge is 0.263 e. The van der Waals surface area contributed by atoms with E-state index < -0.39 is 0 Å². The normalized spacial score (nSPS) is 10.4. The highest BCUT2D eigenvalue weighted by atomic mass is 14.7. The Bertz CT molecular complexity index is 639. The zero-order chi connectivity index (χ0) is 11.0. The average Bonchev–Trinajstić information content (AvgIpc) is 2.89. The Morgan fingerprint density at radius 2 is 2.00 bits per heavy atom. The maximum Gasteiger partial charge on any atom is 0.101 e. The van der Waals surface area contributed by atoms with Crippen LogP contribution in [0.15, 0.2) is 42.9 Å². The molecule has 2 heterocycles. The van der Waals surface area contributed by atoms with Crippen LogP contribution in [0.2, 0.25) is 0 Å². The molecule has 0 spiro atoms. The van der Waals surface area contributed by atoms with Gasteiger partial charge in [-0.2, -0.15) is 5.26 Å². The molecule has 3 heteroatoms. The molecule has 0 aromatic heterocycles. The van der Waals surface area contributed by atoms with E-state index in [1.807, 2.05) is 24.4 Å². The van der Waals surface area contributed by atoms with E-state index in [1.165, 1.54) is 0 Å². The van der Waals surface area contributed by atoms with Crippen molar-refractivity contribution in [1.29, 1.82) is 5.26 Å². The fraction of sp³-hybridized carbons (Fsp3) is 0. The van der Waals surface area contributed by atoms with E-state index in [4.69, 9.17) is 5.26 Å². The molecule has 0 amide bonds. The van der Waals surface area contributed by atoms with Gasteiger partial charge in [0.15, 0.2) is 0 Å². The molecule has 3 rings (SSSR count). The van der Waals surface area contributed by atoms with Gasteiger partial charge in [-0.3, -0.25) is 9.97 Å². The van der Waals surface area contributed by atoms with Crippen LogP contribution in [0.3, 0.4) is 0 Å². The number of hydrogen-bond acceptors (Lipinski definition) is 3. The lowest BCUT2D eigenvalue weighted by Gasteiger charge is -2.02. The summed E-state index contributed by atoms with van der Waals surface area (Å²) in [4.78, 5) is 8.37. The summed E-state index contributed by atoms with van der Waals surface area (Å²) in [6, 6.07) is 9.67. The van der Waals surface area contributed by atoms with Crippen molar-refractivity contribution in [1.82, 2.24) is 9.97 Å². The maximum absolute atomic E-state index is 9.06. The van der Waals surface area contributed by atoms with Gasteiger partial charge in [0.2, 0.25) is 0 Å². The fourth-order valence-corrected chi connectivity index (χ4v) is 1.88. The van der Waals surface area contributed by atoms with Gasteiger partial charge in [-0.15, -0.1) is 0 Å². The van der Waals surface area contributed by atoms with E-state index in [-0.39, 0.29) is 0 Å². The third kappa shape index (κ3) is 1.14. The molecule has 1 aliphatic carbocycles. The SMILES string of the molecule is N#Cc1cccc2cncc-2c2ccnc1-2. The minimum atomic E-state index is 0.586. The van der Waals surface area contributed by atoms with Gasteiger partial charge in [-0.1, -0.05) is 12.1 Å². The van der Waals surface area contributed by atoms with E-state index in [2.05, 4.69) is 16.0 Å². The number of nitriles is 1. The smallest absolute Gasteiger partial charge is 0.101 e. The molecular weight excluding hydrogens is 198 g/mol. The molecule has 0 N–H and O–H groups in total. The second-order valence-corrected chi connectivity index (χ2v) is 3.53. The first-order valence-corrected chi connectivity index (χ1v) is 4.92. The summed E-state index contributed by atoms with van der Waals surface area (Å²) >= 11 is 0. The molecule has 0 radical (unpaired) electrons. The Morgan fingerprint density at radius 1 is 1.06 bits per heavy atom. The quantitative estimate of drug-likeness (QED) is 0.566. The predicted molar refractivity (Wildman–Crippen MR) is 60.0 cm³/mol. The van der Waals surface area contributed by atoms with Crippen LogP contribution >= 0.6 is 0 Å². The van der Waals surface area contributed by atoms with Gasteiger partial charge < -0.3 is 0 Å². The Balaban J connectivity index is 2.45. The van der Waals surface area contributed by atoms with Crippen molar-refractivity contribution in [2.75, 3.05) is 0 Å². The van der Waals surface area contributed by atoms with Crippen molar-refractivity contribution in [3.63, 3.8) is 0 Å². The summed E-state index contributed by atoms with van der Waals surface area (Å²) < 4.78 is 0. The molecule has 0 aromatic rings. The van der Waals surface area contributed by atoms with Crippen molar-refractivity contribution in [3.8, 4) is 28.5 Å². The molecular formula is C13H7N3. The zero-order valence-electron chi connectivity index (χ0n) is 8.38. The van der Waals surface area contributed by atoms with Crippen LogP contribution in [0.5, 0.6) is 0 Å². The van der Waals surface area contributed by atoms with Crippen molar-refractivity contribution in [2.45, 2.75) is 0 Å². The Labute approximate surface area is 92.7 Å². The lowest BCUT2D eigenvalue weighted by Crippen LogP contribution is -1.84. The van der Waals surface area contributed by atoms with Gasteiger partial charge in [0, 0.05) is 35.3 Å². The molecule has 3 aliphatic rings. The van der Waals surface area contributed by atoms with Crippen LogP contribution in [0.4, 0.5) is 0 Å². The van der Waals surface area contributed by atoms with Gasteiger partial charge in [0.1, 0.15) is 6.07 Å². The van der Waals surface area contributed by atoms with Crippen LogP contribution in [0, 0.1) is 11.3 Å². The van der Waals surface area contributed by atoms with E-state index in [0.29, 0.717) is 5.56 Å². The number of fused-ring (bicyclic) bond motifs is 3. The lowest BCUT2D eigenvalue weighted by molar-refractivity contribution is 1.38. The summed E-state index contributed by atoms with van der Waals surface area (Å²) in [6.45, 7) is 0. The van der Waals surface area contributed by atoms with Crippen LogP contribution < -0.4 is 0 Å². The molecule has 0 unspecified atom stereocenters. The molecule has 0 atom stereocenters. The van der Waals surface area contributed by atoms with Crippen molar-refractivity contribution in [3.05, 3.63) is 48.4 Å². The van der Waals surface area contributed by atoms with Crippen LogP contribution in [-0.4, -0.2) is 9.97 Å². The highest BCUT2D eigenvalue weighted by Gasteiger charge is 2.14. The van der Waals surface area contributed by atoms with E-state index in [9.17, 15) is 0 Å². The van der Waals surface area contributed by atoms with Gasteiger partial charge in [0.25, 0.3) is 0 Å². The fourth-order valence-electron chi connectivity index (χ4n) is 1.88. The molecule has 0 saturated heterocycles. The van der Waals surface area contributed by atoms with Crippen molar-refractivity contribution in [2.24, 2.45) is 0 Å². The van der Waals surface area contributed by atoms with Gasteiger partial charge >= 0.3 is 0 Å². The molecule has 74 valence electrons. The summed E-state index contributed by atoms with van der Waals surface area (Å²) in [5.41, 5.74) is 4.39. The number of hydrogen-bond donors (Lipinski definition) is 0. The molecule has 0 bridgehead atoms. The summed E-state index contributed by atoms with van der Waals surface area (Å²) in [5.74, 6) is 0. The molecule has 16 heavy (non-hydrogen) atoms. The molecule has 0 fully saturated rings. The third-order valence-electron chi connectivity index (χ3n) is 2.63. The second kappa shape index (κ2) is 3.28. The molecule has 0 aromatic carbocycles. The van der Waals surface area contributed by atoms with E-state index in [1.54, 1.807) is 18.5 Å². The summed E-state index contributed by atoms with van der Waals surface area (Å²) in [6.07, 6.45) is 5.34. The highest BCUT2D eigenvalue weighted by molar-refractivity contribution is 5.84. The Kier molecular flexibility index (Phi) is 1.81. The Morgan fingerprint density at radius 3 is 2.88 bits per heavy atom. The van der Waals surface area contributed by atoms with Crippen molar-refractivity contribution < 1.29 is 0 Å². The first-order chi connectivity index (χ1) is 7.90. The van der Waals surface area contributed by atoms with Crippen LogP contribution in [0.1, 0.15) is 5.56 Å². The summed E-state index contributed by atoms with van der Waals surface area (Å²) in [5, 5.41) is 9.06. The molecule has 3 nitrogen and oxygen atoms in total. The van der Waals surface area contributed by atoms with Crippen LogP contribution in [0.25, 0.3) is 22.4 Å². The molecule has 0 saturated carbocycles. The Hall–Kier alpha value is -2.47. The van der Waals surface area contributed by atoms with E-state index >= 15 is 0 Å². The maximum atomic E-state index is 9.06. The standard InChI is InChI=1S/C13H7N3/c14-6-9-2-1-3-10-7-15-8-12(10)11-4-5-16-13(9)11/h1-5,7-8H. The first-order valence-electron chi connectivity index (χ1n) is 4.92. The predicted octanol–water partition coefficient (Wildman–Crippen LogP) is 2.56. The number of rotatable bonds is 0. The monoisotopic (exact) mass is 205 g/mol. The topological polar surface area (TPSA) is 49.6 Å². The highest BCUT2D eigenvalue weighted by Crippen LogP contribution is 2.33. The summed E-state index contributed by atoms with van der Waals surface area (Å²) in [7, 11) is 0. The number of aromatic nitrogens is 2. The minimum Gasteiger partial charge on any atom is -0.263 e. The van der Waals surface area contributed by atoms with Gasteiger partial charge in [-0.25, -0.2) is 0 Å².